The molecule has 0 amide bonds. The van der Waals surface area contributed by atoms with Crippen molar-refractivity contribution >= 4 is 26.7 Å². The Morgan fingerprint density at radius 2 is 1.63 bits per heavy atom. The minimum atomic E-state index is -2.81. The Hall–Kier alpha value is 0.0756. The Bertz CT molecular complexity index is 853. The van der Waals surface area contributed by atoms with Crippen molar-refractivity contribution in [1.29, 1.82) is 0 Å². The van der Waals surface area contributed by atoms with Gasteiger partial charge in [-0.15, -0.1) is 0 Å². The number of ether oxygens (including phenoxy) is 2. The quantitative estimate of drug-likeness (QED) is 0.0727. The van der Waals surface area contributed by atoms with Crippen LogP contribution in [0.1, 0.15) is 114 Å². The van der Waals surface area contributed by atoms with Crippen molar-refractivity contribution in [3.63, 3.8) is 0 Å². The Morgan fingerprint density at radius 1 is 1.09 bits per heavy atom. The van der Waals surface area contributed by atoms with Gasteiger partial charge in [-0.2, -0.15) is 0 Å². The summed E-state index contributed by atoms with van der Waals surface area (Å²) in [5.74, 6) is 0.472. The minimum absolute atomic E-state index is 0.0386. The number of hydrogen-bond acceptors (Lipinski definition) is 4. The molecule has 1 rings (SSSR count). The third-order valence-corrected chi connectivity index (χ3v) is 31.6. The number of methoxy groups -OCH3 is 1. The molecule has 0 aromatic heterocycles. The summed E-state index contributed by atoms with van der Waals surface area (Å²) in [4.78, 5) is 0. The Kier molecular flexibility index (Phi) is 18.8. The number of aliphatic hydroxyl groups is 1. The molecule has 252 valence electrons. The summed E-state index contributed by atoms with van der Waals surface area (Å²) in [6, 6.07) is 0. The van der Waals surface area contributed by atoms with Crippen molar-refractivity contribution in [2.75, 3.05) is 20.5 Å². The van der Waals surface area contributed by atoms with Crippen molar-refractivity contribution in [3.05, 3.63) is 33.5 Å². The van der Waals surface area contributed by atoms with Crippen LogP contribution in [0.4, 0.5) is 0 Å². The predicted octanol–water partition coefficient (Wildman–Crippen LogP) is 10.9. The molecular formula is C37H72O4SiSn. The van der Waals surface area contributed by atoms with E-state index in [0.717, 1.165) is 19.4 Å². The van der Waals surface area contributed by atoms with E-state index in [1.165, 1.54) is 63.0 Å². The Morgan fingerprint density at radius 3 is 2.07 bits per heavy atom. The fourth-order valence-corrected chi connectivity index (χ4v) is 24.9. The summed E-state index contributed by atoms with van der Waals surface area (Å²) in [7, 11) is -0.177. The summed E-state index contributed by atoms with van der Waals surface area (Å²) in [6.07, 6.45) is 13.7. The van der Waals surface area contributed by atoms with E-state index in [9.17, 15) is 5.11 Å². The van der Waals surface area contributed by atoms with Crippen LogP contribution in [0.3, 0.4) is 0 Å². The third-order valence-electron chi connectivity index (χ3n) is 10.7. The standard InChI is InChI=1S/C25H45O4Si.3C4H9.Sn/c1-18(2)21-15-19(3)16-23(28-17-27-8)24(21)20(4)22(26)13-11-12-14-29-30(9,10)25(5,6)7;3*1-3-4-2;/h13,16,20-24,26H,1,12,14-15,17H2,2-10H3;3*1,3-4H2,2H3;/t20-,21-,22-,23+,24?;;;;/m0..../s1. The SMILES string of the molecule is C=C(C)[C@@H]1CC(C)=C[C@@H](OCOC)C1[C@@H](C)[C@@H](O)/C=[C](\CCO[Si](C)(C)C(C)(C)C)[Sn]([CH2]CCC)([CH2]CCC)[CH2]CCC. The molecule has 6 heteroatoms. The van der Waals surface area contributed by atoms with Crippen LogP contribution in [0.25, 0.3) is 0 Å². The molecule has 0 heterocycles. The molecule has 0 saturated heterocycles. The molecule has 0 spiro atoms. The van der Waals surface area contributed by atoms with Gasteiger partial charge in [0.25, 0.3) is 0 Å². The first-order valence-electron chi connectivity index (χ1n) is 17.6. The van der Waals surface area contributed by atoms with E-state index in [1.54, 1.807) is 10.7 Å². The fraction of sp³-hybridized carbons (Fsp3) is 0.838. The van der Waals surface area contributed by atoms with Crippen LogP contribution in [-0.2, 0) is 13.9 Å². The monoisotopic (exact) mass is 728 g/mol. The predicted molar refractivity (Wildman–Crippen MR) is 193 cm³/mol. The van der Waals surface area contributed by atoms with Crippen LogP contribution in [0.2, 0.25) is 31.4 Å². The van der Waals surface area contributed by atoms with E-state index < -0.39 is 32.8 Å². The molecule has 0 aromatic rings. The van der Waals surface area contributed by atoms with Crippen LogP contribution >= 0.6 is 0 Å². The zero-order valence-electron chi connectivity index (χ0n) is 30.6. The molecule has 1 N–H and O–H groups in total. The summed E-state index contributed by atoms with van der Waals surface area (Å²) < 4.78 is 24.2. The molecule has 1 unspecified atom stereocenters. The van der Waals surface area contributed by atoms with Crippen molar-refractivity contribution in [2.45, 2.75) is 157 Å². The summed E-state index contributed by atoms with van der Waals surface area (Å²) >= 11 is -2.81. The zero-order valence-corrected chi connectivity index (χ0v) is 34.5. The van der Waals surface area contributed by atoms with Crippen LogP contribution in [0.5, 0.6) is 0 Å². The molecular weight excluding hydrogens is 655 g/mol. The van der Waals surface area contributed by atoms with Gasteiger partial charge >= 0.3 is 275 Å². The molecule has 0 fully saturated rings. The van der Waals surface area contributed by atoms with Crippen molar-refractivity contribution in [1.82, 2.24) is 0 Å². The van der Waals surface area contributed by atoms with Crippen LogP contribution in [0.15, 0.2) is 33.5 Å². The number of aliphatic hydroxyl groups excluding tert-OH is 1. The summed E-state index contributed by atoms with van der Waals surface area (Å²) in [6.45, 7) is 30.7. The van der Waals surface area contributed by atoms with Crippen LogP contribution in [-0.4, -0.2) is 64.5 Å². The summed E-state index contributed by atoms with van der Waals surface area (Å²) in [5.41, 5.74) is 2.51. The zero-order chi connectivity index (χ0) is 32.8. The van der Waals surface area contributed by atoms with E-state index in [2.05, 4.69) is 94.1 Å². The molecule has 5 atom stereocenters. The molecule has 43 heavy (non-hydrogen) atoms. The van der Waals surface area contributed by atoms with Gasteiger partial charge in [0.2, 0.25) is 0 Å². The van der Waals surface area contributed by atoms with Gasteiger partial charge in [0.1, 0.15) is 0 Å². The molecule has 0 aromatic carbocycles. The van der Waals surface area contributed by atoms with E-state index in [1.807, 2.05) is 0 Å². The normalized spacial score (nSPS) is 21.9. The Labute approximate surface area is 273 Å². The van der Waals surface area contributed by atoms with E-state index in [4.69, 9.17) is 13.9 Å². The van der Waals surface area contributed by atoms with Gasteiger partial charge in [-0.3, -0.25) is 0 Å². The molecule has 0 saturated carbocycles. The maximum absolute atomic E-state index is 12.2. The number of allylic oxidation sites excluding steroid dienone is 2. The van der Waals surface area contributed by atoms with Crippen LogP contribution in [0, 0.1) is 17.8 Å². The second-order valence-corrected chi connectivity index (χ2v) is 33.5. The first-order valence-corrected chi connectivity index (χ1v) is 28.0. The fourth-order valence-electron chi connectivity index (χ4n) is 6.79. The van der Waals surface area contributed by atoms with Crippen molar-refractivity contribution in [3.8, 4) is 0 Å². The third kappa shape index (κ3) is 12.7. The summed E-state index contributed by atoms with van der Waals surface area (Å²) in [5, 5.41) is 12.4. The number of unbranched alkanes of at least 4 members (excludes halogenated alkanes) is 3. The average Bonchev–Trinajstić information content (AvgIpc) is 2.93. The van der Waals surface area contributed by atoms with Gasteiger partial charge in [0.15, 0.2) is 0 Å². The second kappa shape index (κ2) is 19.7. The van der Waals surface area contributed by atoms with Gasteiger partial charge in [-0.05, 0) is 0 Å². The Balaban J connectivity index is 3.62. The molecule has 1 aliphatic rings. The maximum atomic E-state index is 12.2. The molecule has 0 radical (unpaired) electrons. The average molecular weight is 728 g/mol. The van der Waals surface area contributed by atoms with Crippen molar-refractivity contribution < 1.29 is 19.0 Å². The van der Waals surface area contributed by atoms with Gasteiger partial charge < -0.3 is 0 Å². The topological polar surface area (TPSA) is 47.9 Å². The van der Waals surface area contributed by atoms with Gasteiger partial charge in [-0.25, -0.2) is 0 Å². The first-order chi connectivity index (χ1) is 20.1. The van der Waals surface area contributed by atoms with Crippen molar-refractivity contribution in [2.24, 2.45) is 17.8 Å². The van der Waals surface area contributed by atoms with E-state index in [-0.39, 0.29) is 35.7 Å². The molecule has 1 aliphatic carbocycles. The number of hydrogen-bond donors (Lipinski definition) is 1. The molecule has 0 bridgehead atoms. The van der Waals surface area contributed by atoms with Crippen LogP contribution < -0.4 is 0 Å². The molecule has 0 aliphatic heterocycles. The first kappa shape index (κ1) is 41.1. The van der Waals surface area contributed by atoms with Gasteiger partial charge in [0, 0.05) is 0 Å². The number of rotatable bonds is 21. The van der Waals surface area contributed by atoms with Gasteiger partial charge in [-0.1, -0.05) is 0 Å². The molecule has 4 nitrogen and oxygen atoms in total. The van der Waals surface area contributed by atoms with Gasteiger partial charge in [0.05, 0.1) is 0 Å². The van der Waals surface area contributed by atoms with E-state index in [0.29, 0.717) is 0 Å². The van der Waals surface area contributed by atoms with E-state index >= 15 is 0 Å². The second-order valence-electron chi connectivity index (χ2n) is 15.3.